The van der Waals surface area contributed by atoms with Gasteiger partial charge in [0.1, 0.15) is 5.82 Å². The molecule has 1 aliphatic rings. The molecule has 1 fully saturated rings. The van der Waals surface area contributed by atoms with Gasteiger partial charge in [-0.2, -0.15) is 0 Å². The summed E-state index contributed by atoms with van der Waals surface area (Å²) in [6, 6.07) is 4.27. The van der Waals surface area contributed by atoms with E-state index in [4.69, 9.17) is 22.7 Å². The van der Waals surface area contributed by atoms with Crippen LogP contribution in [0.4, 0.5) is 20.6 Å². The highest BCUT2D eigenvalue weighted by atomic mass is 32.1. The van der Waals surface area contributed by atoms with Gasteiger partial charge in [0.15, 0.2) is 5.11 Å². The molecule has 1 heterocycles. The number of nitrogens with two attached hydrogens (primary N) is 1. The van der Waals surface area contributed by atoms with Crippen molar-refractivity contribution in [2.45, 2.75) is 25.8 Å². The maximum Gasteiger partial charge on any atom is 0.409 e. The minimum atomic E-state index is -0.390. The number of carbonyl (C=O) groups is 1. The lowest BCUT2D eigenvalue weighted by Crippen LogP contribution is -2.47. The van der Waals surface area contributed by atoms with Gasteiger partial charge >= 0.3 is 6.09 Å². The molecule has 4 N–H and O–H groups in total. The normalized spacial score (nSPS) is 15.1. The van der Waals surface area contributed by atoms with Gasteiger partial charge in [0, 0.05) is 19.1 Å². The number of ether oxygens (including phenoxy) is 1. The number of piperidine rings is 1. The molecule has 0 spiro atoms. The van der Waals surface area contributed by atoms with Gasteiger partial charge in [-0.1, -0.05) is 0 Å². The molecular weight excluding hydrogens is 319 g/mol. The smallest absolute Gasteiger partial charge is 0.409 e. The van der Waals surface area contributed by atoms with Crippen LogP contribution in [0.15, 0.2) is 18.2 Å². The summed E-state index contributed by atoms with van der Waals surface area (Å²) in [5.74, 6) is -0.390. The van der Waals surface area contributed by atoms with Gasteiger partial charge in [-0.3, -0.25) is 0 Å². The van der Waals surface area contributed by atoms with Crippen LogP contribution in [-0.2, 0) is 4.74 Å². The molecule has 23 heavy (non-hydrogen) atoms. The molecule has 0 unspecified atom stereocenters. The fraction of sp³-hybridized carbons (Fsp3) is 0.467. The highest BCUT2D eigenvalue weighted by Gasteiger charge is 2.23. The molecule has 0 atom stereocenters. The number of carbonyl (C=O) groups excluding carboxylic acids is 1. The molecule has 0 saturated carbocycles. The largest absolute Gasteiger partial charge is 0.450 e. The summed E-state index contributed by atoms with van der Waals surface area (Å²) in [6.07, 6.45) is 1.28. The van der Waals surface area contributed by atoms with E-state index in [0.29, 0.717) is 36.2 Å². The monoisotopic (exact) mass is 340 g/mol. The first-order chi connectivity index (χ1) is 11.0. The number of likely N-dealkylation sites (tertiary alicyclic amines) is 1. The number of nitrogens with zero attached hydrogens (tertiary/aromatic N) is 1. The topological polar surface area (TPSA) is 79.6 Å². The average molecular weight is 340 g/mol. The second-order valence-corrected chi connectivity index (χ2v) is 5.70. The molecular formula is C15H21FN4O2S. The number of hydrogen-bond donors (Lipinski definition) is 3. The van der Waals surface area contributed by atoms with Crippen molar-refractivity contribution < 1.29 is 13.9 Å². The van der Waals surface area contributed by atoms with E-state index in [1.165, 1.54) is 12.1 Å². The molecule has 0 radical (unpaired) electrons. The lowest BCUT2D eigenvalue weighted by molar-refractivity contribution is 0.0964. The zero-order valence-electron chi connectivity index (χ0n) is 13.0. The molecule has 1 aromatic carbocycles. The third-order valence-corrected chi connectivity index (χ3v) is 3.84. The van der Waals surface area contributed by atoms with Crippen molar-refractivity contribution in [3.05, 3.63) is 24.0 Å². The Morgan fingerprint density at radius 2 is 2.17 bits per heavy atom. The first-order valence-electron chi connectivity index (χ1n) is 7.54. The Labute approximate surface area is 140 Å². The highest BCUT2D eigenvalue weighted by Crippen LogP contribution is 2.19. The van der Waals surface area contributed by atoms with Crippen LogP contribution in [0.5, 0.6) is 0 Å². The van der Waals surface area contributed by atoms with Crippen molar-refractivity contribution in [3.8, 4) is 0 Å². The second kappa shape index (κ2) is 7.96. The number of thiocarbonyl (C=S) groups is 1. The van der Waals surface area contributed by atoms with E-state index in [0.717, 1.165) is 12.8 Å². The van der Waals surface area contributed by atoms with Crippen LogP contribution in [0, 0.1) is 5.82 Å². The Morgan fingerprint density at radius 3 is 2.78 bits per heavy atom. The van der Waals surface area contributed by atoms with E-state index >= 15 is 0 Å². The molecule has 1 aromatic rings. The second-order valence-electron chi connectivity index (χ2n) is 5.29. The molecule has 6 nitrogen and oxygen atoms in total. The van der Waals surface area contributed by atoms with Crippen LogP contribution in [0.2, 0.25) is 0 Å². The van der Waals surface area contributed by atoms with E-state index in [1.54, 1.807) is 17.9 Å². The van der Waals surface area contributed by atoms with Crippen molar-refractivity contribution >= 4 is 34.8 Å². The third kappa shape index (κ3) is 4.95. The zero-order valence-corrected chi connectivity index (χ0v) is 13.8. The van der Waals surface area contributed by atoms with Crippen molar-refractivity contribution in [1.82, 2.24) is 10.2 Å². The summed E-state index contributed by atoms with van der Waals surface area (Å²) in [7, 11) is 0. The molecule has 1 saturated heterocycles. The van der Waals surface area contributed by atoms with Crippen LogP contribution in [-0.4, -0.2) is 41.8 Å². The molecule has 0 aromatic heterocycles. The highest BCUT2D eigenvalue weighted by molar-refractivity contribution is 7.80. The minimum absolute atomic E-state index is 0.169. The van der Waals surface area contributed by atoms with E-state index in [2.05, 4.69) is 10.6 Å². The number of nitrogens with one attached hydrogen (secondary N) is 2. The lowest BCUT2D eigenvalue weighted by Gasteiger charge is -2.32. The number of nitrogen functional groups attached to an aromatic ring is 1. The Morgan fingerprint density at radius 1 is 1.48 bits per heavy atom. The number of hydrogen-bond acceptors (Lipinski definition) is 4. The molecule has 8 heteroatoms. The average Bonchev–Trinajstić information content (AvgIpc) is 2.51. The summed E-state index contributed by atoms with van der Waals surface area (Å²) in [5, 5.41) is 6.58. The molecule has 0 aliphatic carbocycles. The van der Waals surface area contributed by atoms with Gasteiger partial charge in [-0.05, 0) is 50.2 Å². The molecule has 1 aliphatic heterocycles. The number of benzene rings is 1. The standard InChI is InChI=1S/C15H21FN4O2S/c1-2-22-15(21)20-7-5-11(6-8-20)18-14(23)19-13-4-3-10(16)9-12(13)17/h3-4,9,11H,2,5-8,17H2,1H3,(H2,18,19,23). The van der Waals surface area contributed by atoms with Crippen LogP contribution in [0.25, 0.3) is 0 Å². The van der Waals surface area contributed by atoms with Crippen LogP contribution in [0.1, 0.15) is 19.8 Å². The van der Waals surface area contributed by atoms with Gasteiger partial charge in [0.2, 0.25) is 0 Å². The number of anilines is 2. The summed E-state index contributed by atoms with van der Waals surface area (Å²) < 4.78 is 18.0. The number of halogens is 1. The fourth-order valence-corrected chi connectivity index (χ4v) is 2.69. The molecule has 1 amide bonds. The summed E-state index contributed by atoms with van der Waals surface area (Å²) >= 11 is 5.26. The predicted molar refractivity (Wildman–Crippen MR) is 91.8 cm³/mol. The third-order valence-electron chi connectivity index (χ3n) is 3.62. The maximum atomic E-state index is 13.0. The van der Waals surface area contributed by atoms with Crippen molar-refractivity contribution in [3.63, 3.8) is 0 Å². The van der Waals surface area contributed by atoms with Crippen molar-refractivity contribution in [1.29, 1.82) is 0 Å². The molecule has 0 bridgehead atoms. The number of rotatable bonds is 3. The fourth-order valence-electron chi connectivity index (χ4n) is 2.41. The van der Waals surface area contributed by atoms with Crippen LogP contribution in [0.3, 0.4) is 0 Å². The van der Waals surface area contributed by atoms with Crippen molar-refractivity contribution in [2.24, 2.45) is 0 Å². The number of amides is 1. The van der Waals surface area contributed by atoms with Gasteiger partial charge in [0.25, 0.3) is 0 Å². The Hall–Kier alpha value is -2.09. The maximum absolute atomic E-state index is 13.0. The Bertz CT molecular complexity index is 577. The zero-order chi connectivity index (χ0) is 16.8. The summed E-state index contributed by atoms with van der Waals surface area (Å²) in [4.78, 5) is 13.3. The molecule has 126 valence electrons. The van der Waals surface area contributed by atoms with Gasteiger partial charge in [-0.15, -0.1) is 0 Å². The quantitative estimate of drug-likeness (QED) is 0.579. The first-order valence-corrected chi connectivity index (χ1v) is 7.94. The van der Waals surface area contributed by atoms with Crippen LogP contribution < -0.4 is 16.4 Å². The summed E-state index contributed by atoms with van der Waals surface area (Å²) in [6.45, 7) is 3.41. The van der Waals surface area contributed by atoms with E-state index in [9.17, 15) is 9.18 Å². The first kappa shape index (κ1) is 17.3. The Balaban J connectivity index is 1.79. The van der Waals surface area contributed by atoms with Crippen LogP contribution >= 0.6 is 12.2 Å². The lowest BCUT2D eigenvalue weighted by atomic mass is 10.1. The van der Waals surface area contributed by atoms with E-state index in [-0.39, 0.29) is 12.1 Å². The van der Waals surface area contributed by atoms with E-state index in [1.807, 2.05) is 0 Å². The van der Waals surface area contributed by atoms with E-state index < -0.39 is 5.82 Å². The Kier molecular flexibility index (Phi) is 5.97. The minimum Gasteiger partial charge on any atom is -0.450 e. The van der Waals surface area contributed by atoms with Gasteiger partial charge < -0.3 is 26.0 Å². The SMILES string of the molecule is CCOC(=O)N1CCC(NC(=S)Nc2ccc(F)cc2N)CC1. The van der Waals surface area contributed by atoms with Gasteiger partial charge in [-0.25, -0.2) is 9.18 Å². The predicted octanol–water partition coefficient (Wildman–Crippen LogP) is 2.32. The van der Waals surface area contributed by atoms with Gasteiger partial charge in [0.05, 0.1) is 18.0 Å². The van der Waals surface area contributed by atoms with Crippen molar-refractivity contribution in [2.75, 3.05) is 30.7 Å². The molecule has 2 rings (SSSR count). The summed E-state index contributed by atoms with van der Waals surface area (Å²) in [5.41, 5.74) is 6.60.